The molecule has 2 aliphatic rings. The number of fused-ring (bicyclic) bond motifs is 1. The molecule has 1 heterocycles. The zero-order valence-electron chi connectivity index (χ0n) is 10.7. The van der Waals surface area contributed by atoms with Gasteiger partial charge < -0.3 is 10.2 Å². The number of benzene rings is 1. The molecule has 0 radical (unpaired) electrons. The lowest BCUT2D eigenvalue weighted by atomic mass is 9.97. The van der Waals surface area contributed by atoms with Crippen LogP contribution in [0, 0.1) is 0 Å². The molecule has 17 heavy (non-hydrogen) atoms. The van der Waals surface area contributed by atoms with E-state index in [1.165, 1.54) is 43.4 Å². The van der Waals surface area contributed by atoms with Crippen LogP contribution in [0.3, 0.4) is 0 Å². The van der Waals surface area contributed by atoms with Crippen molar-refractivity contribution in [1.29, 1.82) is 0 Å². The van der Waals surface area contributed by atoms with E-state index >= 15 is 0 Å². The van der Waals surface area contributed by atoms with E-state index in [1.807, 2.05) is 0 Å². The number of nitrogens with zero attached hydrogens (tertiary/aromatic N) is 1. The Morgan fingerprint density at radius 1 is 1.24 bits per heavy atom. The Labute approximate surface area is 104 Å². The van der Waals surface area contributed by atoms with E-state index in [-0.39, 0.29) is 0 Å². The van der Waals surface area contributed by atoms with E-state index < -0.39 is 0 Å². The summed E-state index contributed by atoms with van der Waals surface area (Å²) in [4.78, 5) is 2.54. The Morgan fingerprint density at radius 2 is 2.06 bits per heavy atom. The second kappa shape index (κ2) is 4.69. The average Bonchev–Trinajstić information content (AvgIpc) is 2.91. The fourth-order valence-corrected chi connectivity index (χ4v) is 3.33. The van der Waals surface area contributed by atoms with E-state index in [0.717, 1.165) is 19.1 Å². The van der Waals surface area contributed by atoms with Crippen molar-refractivity contribution in [2.45, 2.75) is 44.7 Å². The Morgan fingerprint density at radius 3 is 2.88 bits per heavy atom. The highest BCUT2D eigenvalue weighted by Gasteiger charge is 2.23. The molecule has 92 valence electrons. The summed E-state index contributed by atoms with van der Waals surface area (Å²) in [5.41, 5.74) is 4.56. The second-order valence-electron chi connectivity index (χ2n) is 5.39. The fourth-order valence-electron chi connectivity index (χ4n) is 3.33. The van der Waals surface area contributed by atoms with Crippen LogP contribution in [0.15, 0.2) is 18.2 Å². The molecule has 2 nitrogen and oxygen atoms in total. The average molecular weight is 230 g/mol. The maximum absolute atomic E-state index is 3.46. The minimum Gasteiger partial charge on any atom is -0.371 e. The highest BCUT2D eigenvalue weighted by molar-refractivity contribution is 5.58. The molecule has 1 saturated carbocycles. The van der Waals surface area contributed by atoms with Gasteiger partial charge in [-0.1, -0.05) is 25.0 Å². The molecule has 1 fully saturated rings. The smallest absolute Gasteiger partial charge is 0.0402 e. The molecule has 1 N–H and O–H groups in total. The van der Waals surface area contributed by atoms with Gasteiger partial charge >= 0.3 is 0 Å². The first-order valence-corrected chi connectivity index (χ1v) is 6.90. The summed E-state index contributed by atoms with van der Waals surface area (Å²) in [6.07, 6.45) is 6.75. The summed E-state index contributed by atoms with van der Waals surface area (Å²) in [6.45, 7) is 2.17. The van der Waals surface area contributed by atoms with Crippen molar-refractivity contribution in [3.05, 3.63) is 29.3 Å². The Balaban J connectivity index is 1.91. The van der Waals surface area contributed by atoms with Crippen LogP contribution in [0.2, 0.25) is 0 Å². The molecule has 0 atom stereocenters. The highest BCUT2D eigenvalue weighted by Crippen LogP contribution is 2.31. The molecule has 0 saturated heterocycles. The fraction of sp³-hybridized carbons (Fsp3) is 0.600. The summed E-state index contributed by atoms with van der Waals surface area (Å²) >= 11 is 0. The highest BCUT2D eigenvalue weighted by atomic mass is 15.1. The molecule has 0 unspecified atom stereocenters. The quantitative estimate of drug-likeness (QED) is 0.840. The third-order valence-electron chi connectivity index (χ3n) is 4.37. The number of nitrogens with one attached hydrogen (secondary N) is 1. The van der Waals surface area contributed by atoms with Crippen molar-refractivity contribution in [2.75, 3.05) is 18.5 Å². The van der Waals surface area contributed by atoms with Crippen LogP contribution in [0.1, 0.15) is 36.8 Å². The van der Waals surface area contributed by atoms with Gasteiger partial charge in [0.15, 0.2) is 0 Å². The third kappa shape index (κ3) is 2.06. The molecule has 2 heteroatoms. The molecule has 1 aromatic rings. The van der Waals surface area contributed by atoms with Gasteiger partial charge in [-0.2, -0.15) is 0 Å². The van der Waals surface area contributed by atoms with Crippen LogP contribution in [0.25, 0.3) is 0 Å². The van der Waals surface area contributed by atoms with Gasteiger partial charge in [0, 0.05) is 25.3 Å². The maximum Gasteiger partial charge on any atom is 0.0402 e. The second-order valence-corrected chi connectivity index (χ2v) is 5.39. The van der Waals surface area contributed by atoms with E-state index in [1.54, 1.807) is 5.56 Å². The first kappa shape index (κ1) is 11.1. The molecule has 1 aliphatic carbocycles. The maximum atomic E-state index is 3.46. The molecular formula is C15H22N2. The van der Waals surface area contributed by atoms with Crippen LogP contribution in [-0.2, 0) is 13.0 Å². The van der Waals surface area contributed by atoms with E-state index in [0.29, 0.717) is 0 Å². The van der Waals surface area contributed by atoms with Crippen LogP contribution in [-0.4, -0.2) is 19.6 Å². The van der Waals surface area contributed by atoms with Crippen molar-refractivity contribution in [1.82, 2.24) is 5.32 Å². The van der Waals surface area contributed by atoms with Gasteiger partial charge in [-0.05, 0) is 43.0 Å². The first-order chi connectivity index (χ1) is 8.36. The molecule has 0 amide bonds. The zero-order chi connectivity index (χ0) is 11.7. The van der Waals surface area contributed by atoms with Crippen molar-refractivity contribution < 1.29 is 0 Å². The molecule has 1 aliphatic heterocycles. The van der Waals surface area contributed by atoms with Crippen LogP contribution >= 0.6 is 0 Å². The standard InChI is InChI=1S/C15H22N2/c1-17(13-6-2-3-7-13)15-8-4-5-12-11-16-10-9-14(12)15/h4-5,8,13,16H,2-3,6-7,9-11H2,1H3. The van der Waals surface area contributed by atoms with E-state index in [4.69, 9.17) is 0 Å². The molecule has 1 aromatic carbocycles. The minimum atomic E-state index is 0.774. The van der Waals surface area contributed by atoms with Gasteiger partial charge in [0.05, 0.1) is 0 Å². The Hall–Kier alpha value is -1.02. The summed E-state index contributed by atoms with van der Waals surface area (Å²) in [7, 11) is 2.29. The lowest BCUT2D eigenvalue weighted by Gasteiger charge is -2.31. The number of anilines is 1. The minimum absolute atomic E-state index is 0.774. The molecule has 3 rings (SSSR count). The molecule has 0 aromatic heterocycles. The van der Waals surface area contributed by atoms with Crippen molar-refractivity contribution in [2.24, 2.45) is 0 Å². The normalized spacial score (nSPS) is 20.3. The number of rotatable bonds is 2. The van der Waals surface area contributed by atoms with Gasteiger partial charge in [0.25, 0.3) is 0 Å². The SMILES string of the molecule is CN(c1cccc2c1CCNC2)C1CCCC1. The number of hydrogen-bond acceptors (Lipinski definition) is 2. The third-order valence-corrected chi connectivity index (χ3v) is 4.37. The number of hydrogen-bond donors (Lipinski definition) is 1. The zero-order valence-corrected chi connectivity index (χ0v) is 10.7. The van der Waals surface area contributed by atoms with E-state index in [2.05, 4.69) is 35.5 Å². The monoisotopic (exact) mass is 230 g/mol. The van der Waals surface area contributed by atoms with Gasteiger partial charge in [-0.25, -0.2) is 0 Å². The van der Waals surface area contributed by atoms with Gasteiger partial charge in [0.2, 0.25) is 0 Å². The van der Waals surface area contributed by atoms with Gasteiger partial charge in [0.1, 0.15) is 0 Å². The summed E-state index contributed by atoms with van der Waals surface area (Å²) < 4.78 is 0. The van der Waals surface area contributed by atoms with E-state index in [9.17, 15) is 0 Å². The molecular weight excluding hydrogens is 208 g/mol. The van der Waals surface area contributed by atoms with Gasteiger partial charge in [-0.15, -0.1) is 0 Å². The predicted octanol–water partition coefficient (Wildman–Crippen LogP) is 2.71. The largest absolute Gasteiger partial charge is 0.371 e. The van der Waals surface area contributed by atoms with Crippen molar-refractivity contribution >= 4 is 5.69 Å². The lowest BCUT2D eigenvalue weighted by molar-refractivity contribution is 0.624. The first-order valence-electron chi connectivity index (χ1n) is 6.90. The summed E-state index contributed by atoms with van der Waals surface area (Å²) in [5.74, 6) is 0. The predicted molar refractivity (Wildman–Crippen MR) is 72.5 cm³/mol. The molecule has 0 bridgehead atoms. The Kier molecular flexibility index (Phi) is 3.06. The van der Waals surface area contributed by atoms with Crippen LogP contribution in [0.4, 0.5) is 5.69 Å². The van der Waals surface area contributed by atoms with Gasteiger partial charge in [-0.3, -0.25) is 0 Å². The Bertz CT molecular complexity index is 394. The lowest BCUT2D eigenvalue weighted by Crippen LogP contribution is -2.32. The van der Waals surface area contributed by atoms with Crippen molar-refractivity contribution in [3.8, 4) is 0 Å². The van der Waals surface area contributed by atoms with Crippen molar-refractivity contribution in [3.63, 3.8) is 0 Å². The topological polar surface area (TPSA) is 15.3 Å². The molecule has 0 spiro atoms. The van der Waals surface area contributed by atoms with Crippen LogP contribution in [0.5, 0.6) is 0 Å². The van der Waals surface area contributed by atoms with Crippen LogP contribution < -0.4 is 10.2 Å². The summed E-state index contributed by atoms with van der Waals surface area (Å²) in [5, 5.41) is 3.46. The summed E-state index contributed by atoms with van der Waals surface area (Å²) in [6, 6.07) is 7.57.